The highest BCUT2D eigenvalue weighted by Crippen LogP contribution is 2.37. The van der Waals surface area contributed by atoms with Crippen molar-refractivity contribution < 1.29 is 23.8 Å². The lowest BCUT2D eigenvalue weighted by atomic mass is 9.83. The van der Waals surface area contributed by atoms with Gasteiger partial charge in [0.1, 0.15) is 11.5 Å². The second kappa shape index (κ2) is 11.0. The van der Waals surface area contributed by atoms with Crippen molar-refractivity contribution in [2.45, 2.75) is 37.8 Å². The van der Waals surface area contributed by atoms with Crippen molar-refractivity contribution in [1.82, 2.24) is 14.5 Å². The summed E-state index contributed by atoms with van der Waals surface area (Å²) in [6, 6.07) is 13.3. The molecule has 6 rings (SSSR count). The number of likely N-dealkylation sites (tertiary alicyclic amines) is 1. The topological polar surface area (TPSA) is 144 Å². The number of esters is 1. The minimum Gasteiger partial charge on any atom is -0.502 e. The molecule has 0 aliphatic carbocycles. The summed E-state index contributed by atoms with van der Waals surface area (Å²) in [4.78, 5) is 56.1. The number of hydrogen-bond acceptors (Lipinski definition) is 9. The number of pyridine rings is 2. The van der Waals surface area contributed by atoms with Crippen molar-refractivity contribution in [2.75, 3.05) is 27.3 Å². The van der Waals surface area contributed by atoms with Crippen LogP contribution < -0.4 is 21.3 Å². The number of hydrogen-bond donors (Lipinski definition) is 2. The molecule has 5 heterocycles. The third kappa shape index (κ3) is 5.11. The molecule has 3 atom stereocenters. The molecule has 2 aliphatic heterocycles. The van der Waals surface area contributed by atoms with E-state index >= 15 is 0 Å². The van der Waals surface area contributed by atoms with E-state index in [0.717, 1.165) is 12.1 Å². The van der Waals surface area contributed by atoms with Crippen LogP contribution in [-0.4, -0.2) is 52.8 Å². The summed E-state index contributed by atoms with van der Waals surface area (Å²) in [7, 11) is 2.75. The SMILES string of the molecule is COC(=O)CC(c1oc(CN2C[C@H]3C[C@@H](C2)c2cccc(=O)n2C3)cc(=O)c1O)c1cc2cc(OC)ccc2[nH]c1=O. The Hall–Kier alpha value is -4.64. The number of nitrogens with one attached hydrogen (secondary N) is 1. The lowest BCUT2D eigenvalue weighted by Crippen LogP contribution is -2.46. The van der Waals surface area contributed by atoms with E-state index in [0.29, 0.717) is 42.0 Å². The number of aromatic hydroxyl groups is 1. The maximum absolute atomic E-state index is 13.2. The zero-order chi connectivity index (χ0) is 29.5. The van der Waals surface area contributed by atoms with Crippen molar-refractivity contribution in [3.63, 3.8) is 0 Å². The van der Waals surface area contributed by atoms with Gasteiger partial charge in [-0.15, -0.1) is 0 Å². The minimum absolute atomic E-state index is 0.00333. The van der Waals surface area contributed by atoms with Gasteiger partial charge in [0, 0.05) is 59.8 Å². The van der Waals surface area contributed by atoms with Gasteiger partial charge in [-0.1, -0.05) is 6.07 Å². The molecule has 11 nitrogen and oxygen atoms in total. The van der Waals surface area contributed by atoms with Crippen molar-refractivity contribution in [2.24, 2.45) is 5.92 Å². The first-order valence-electron chi connectivity index (χ1n) is 13.8. The van der Waals surface area contributed by atoms with Gasteiger partial charge in [0.2, 0.25) is 11.2 Å². The summed E-state index contributed by atoms with van der Waals surface area (Å²) >= 11 is 0. The second-order valence-corrected chi connectivity index (χ2v) is 11.0. The summed E-state index contributed by atoms with van der Waals surface area (Å²) in [5, 5.41) is 11.5. The lowest BCUT2D eigenvalue weighted by molar-refractivity contribution is -0.140. The molecule has 0 radical (unpaired) electrons. The number of methoxy groups -OCH3 is 2. The van der Waals surface area contributed by atoms with Gasteiger partial charge in [0.05, 0.1) is 33.1 Å². The van der Waals surface area contributed by atoms with Crippen LogP contribution in [0.5, 0.6) is 11.5 Å². The Morgan fingerprint density at radius 2 is 1.93 bits per heavy atom. The predicted molar refractivity (Wildman–Crippen MR) is 153 cm³/mol. The summed E-state index contributed by atoms with van der Waals surface area (Å²) < 4.78 is 18.2. The van der Waals surface area contributed by atoms with E-state index < -0.39 is 28.6 Å². The van der Waals surface area contributed by atoms with Crippen LogP contribution in [0.25, 0.3) is 10.9 Å². The number of fused-ring (bicyclic) bond motifs is 5. The summed E-state index contributed by atoms with van der Waals surface area (Å²) in [5.74, 6) is -1.28. The molecule has 218 valence electrons. The molecular weight excluding hydrogens is 542 g/mol. The highest BCUT2D eigenvalue weighted by atomic mass is 16.5. The Morgan fingerprint density at radius 1 is 1.10 bits per heavy atom. The monoisotopic (exact) mass is 573 g/mol. The number of aromatic nitrogens is 2. The van der Waals surface area contributed by atoms with Crippen LogP contribution in [0.15, 0.2) is 67.3 Å². The molecule has 42 heavy (non-hydrogen) atoms. The second-order valence-electron chi connectivity index (χ2n) is 11.0. The standard InChI is InChI=1S/C31H31N3O8/c1-40-20-6-7-24-18(9-20)10-23(31(39)32-24)22(12-28(37)41-2)30-29(38)26(35)11-21(42-30)16-33-13-17-8-19(15-33)25-4-3-5-27(36)34(25)14-17/h3-7,9-11,17,19,22,38H,8,12-16H2,1-2H3,(H,32,39)/t17-,19+,22?/m1/s1. The molecule has 0 spiro atoms. The number of carbonyl (C=O) groups is 1. The number of nitrogens with zero attached hydrogens (tertiary/aromatic N) is 2. The maximum atomic E-state index is 13.2. The molecule has 1 unspecified atom stereocenters. The van der Waals surface area contributed by atoms with Gasteiger partial charge in [-0.05, 0) is 42.7 Å². The average molecular weight is 574 g/mol. The quantitative estimate of drug-likeness (QED) is 0.319. The number of piperidine rings is 1. The average Bonchev–Trinajstić information content (AvgIpc) is 2.97. The molecule has 1 fully saturated rings. The Balaban J connectivity index is 1.37. The Bertz CT molecular complexity index is 1860. The van der Waals surface area contributed by atoms with Crippen LogP contribution >= 0.6 is 0 Å². The van der Waals surface area contributed by atoms with Crippen LogP contribution in [0.3, 0.4) is 0 Å². The van der Waals surface area contributed by atoms with Gasteiger partial charge < -0.3 is 28.5 Å². The van der Waals surface area contributed by atoms with E-state index in [9.17, 15) is 24.3 Å². The largest absolute Gasteiger partial charge is 0.502 e. The number of ether oxygens (including phenoxy) is 2. The van der Waals surface area contributed by atoms with E-state index in [1.807, 2.05) is 10.6 Å². The van der Waals surface area contributed by atoms with Crippen LogP contribution in [0, 0.1) is 5.92 Å². The molecule has 2 N–H and O–H groups in total. The molecule has 4 aromatic rings. The number of aromatic amines is 1. The van der Waals surface area contributed by atoms with Gasteiger partial charge >= 0.3 is 5.97 Å². The molecule has 0 amide bonds. The zero-order valence-electron chi connectivity index (χ0n) is 23.3. The fourth-order valence-corrected chi connectivity index (χ4v) is 6.40. The first-order chi connectivity index (χ1) is 20.2. The highest BCUT2D eigenvalue weighted by Gasteiger charge is 2.35. The number of rotatable bonds is 7. The van der Waals surface area contributed by atoms with Crippen LogP contribution in [0.4, 0.5) is 0 Å². The van der Waals surface area contributed by atoms with Crippen LogP contribution in [0.2, 0.25) is 0 Å². The Kier molecular flexibility index (Phi) is 7.19. The van der Waals surface area contributed by atoms with Crippen LogP contribution in [0.1, 0.15) is 47.5 Å². The molecule has 2 bridgehead atoms. The Labute approximate surface area is 239 Å². The molecular formula is C31H31N3O8. The van der Waals surface area contributed by atoms with Crippen LogP contribution in [-0.2, 0) is 22.6 Å². The van der Waals surface area contributed by atoms with E-state index in [1.165, 1.54) is 20.3 Å². The van der Waals surface area contributed by atoms with E-state index in [-0.39, 0.29) is 41.7 Å². The predicted octanol–water partition coefficient (Wildman–Crippen LogP) is 2.67. The zero-order valence-corrected chi connectivity index (χ0v) is 23.3. The van der Waals surface area contributed by atoms with Gasteiger partial charge in [0.15, 0.2) is 5.76 Å². The maximum Gasteiger partial charge on any atom is 0.306 e. The summed E-state index contributed by atoms with van der Waals surface area (Å²) in [6.07, 6.45) is 0.635. The fraction of sp³-hybridized carbons (Fsp3) is 0.355. The summed E-state index contributed by atoms with van der Waals surface area (Å²) in [6.45, 7) is 2.28. The normalized spacial score (nSPS) is 18.8. The minimum atomic E-state index is -1.09. The summed E-state index contributed by atoms with van der Waals surface area (Å²) in [5.41, 5.74) is 0.526. The van der Waals surface area contributed by atoms with Crippen molar-refractivity contribution >= 4 is 16.9 Å². The molecule has 2 aliphatic rings. The molecule has 3 aromatic heterocycles. The number of benzene rings is 1. The van der Waals surface area contributed by atoms with Gasteiger partial charge in [-0.2, -0.15) is 0 Å². The van der Waals surface area contributed by atoms with Crippen molar-refractivity contribution in [3.05, 3.63) is 102 Å². The van der Waals surface area contributed by atoms with E-state index in [4.69, 9.17) is 13.9 Å². The third-order valence-corrected chi connectivity index (χ3v) is 8.31. The van der Waals surface area contributed by atoms with E-state index in [2.05, 4.69) is 9.88 Å². The number of carbonyl (C=O) groups excluding carboxylic acids is 1. The molecule has 0 saturated carbocycles. The van der Waals surface area contributed by atoms with Gasteiger partial charge in [-0.25, -0.2) is 0 Å². The molecule has 1 saturated heterocycles. The number of H-pyrrole nitrogens is 1. The van der Waals surface area contributed by atoms with Gasteiger partial charge in [-0.3, -0.25) is 24.1 Å². The Morgan fingerprint density at radius 3 is 2.71 bits per heavy atom. The van der Waals surface area contributed by atoms with Gasteiger partial charge in [0.25, 0.3) is 11.1 Å². The molecule has 1 aromatic carbocycles. The first kappa shape index (κ1) is 27.5. The fourth-order valence-electron chi connectivity index (χ4n) is 6.40. The lowest BCUT2D eigenvalue weighted by Gasteiger charge is -2.42. The molecule has 11 heteroatoms. The smallest absolute Gasteiger partial charge is 0.306 e. The van der Waals surface area contributed by atoms with Crippen molar-refractivity contribution in [1.29, 1.82) is 0 Å². The highest BCUT2D eigenvalue weighted by molar-refractivity contribution is 5.81. The third-order valence-electron chi connectivity index (χ3n) is 8.31. The first-order valence-corrected chi connectivity index (χ1v) is 13.8. The van der Waals surface area contributed by atoms with E-state index in [1.54, 1.807) is 36.4 Å². The van der Waals surface area contributed by atoms with Crippen molar-refractivity contribution in [3.8, 4) is 11.5 Å².